The van der Waals surface area contributed by atoms with Gasteiger partial charge in [0.2, 0.25) is 0 Å². The Morgan fingerprint density at radius 3 is 2.77 bits per heavy atom. The van der Waals surface area contributed by atoms with Gasteiger partial charge in [-0.1, -0.05) is 20.8 Å². The Labute approximate surface area is 77.2 Å². The lowest BCUT2D eigenvalue weighted by atomic mass is 9.82. The molecule has 0 saturated heterocycles. The normalized spacial score (nSPS) is 25.6. The predicted octanol–water partition coefficient (Wildman–Crippen LogP) is 2.19. The van der Waals surface area contributed by atoms with E-state index in [0.29, 0.717) is 0 Å². The molecule has 0 aromatic rings. The summed E-state index contributed by atoms with van der Waals surface area (Å²) < 4.78 is 0. The highest BCUT2D eigenvalue weighted by Crippen LogP contribution is 2.32. The van der Waals surface area contributed by atoms with Gasteiger partial charge in [-0.25, -0.2) is 4.99 Å². The third-order valence-corrected chi connectivity index (χ3v) is 2.12. The Morgan fingerprint density at radius 2 is 2.08 bits per heavy atom. The van der Waals surface area contributed by atoms with Crippen LogP contribution in [0.4, 0.5) is 0 Å². The largest absolute Gasteiger partial charge is 0.265 e. The van der Waals surface area contributed by atoms with Crippen molar-refractivity contribution in [2.24, 2.45) is 25.6 Å². The number of azo groups is 1. The van der Waals surface area contributed by atoms with Gasteiger partial charge in [0.25, 0.3) is 0 Å². The quantitative estimate of drug-likeness (QED) is 0.543. The molecule has 0 bridgehead atoms. The molecule has 1 unspecified atom stereocenters. The molecule has 2 rings (SSSR count). The molecule has 0 spiro atoms. The number of fused-ring (bicyclic) bond motifs is 1. The fourth-order valence-corrected chi connectivity index (χ4v) is 1.48. The van der Waals surface area contributed by atoms with Gasteiger partial charge in [0, 0.05) is 5.57 Å². The van der Waals surface area contributed by atoms with Crippen molar-refractivity contribution in [3.8, 4) is 0 Å². The second-order valence-corrected chi connectivity index (χ2v) is 4.29. The summed E-state index contributed by atoms with van der Waals surface area (Å²) in [7, 11) is 0. The summed E-state index contributed by atoms with van der Waals surface area (Å²) in [5.41, 5.74) is 1.13. The summed E-state index contributed by atoms with van der Waals surface area (Å²) in [5.74, 6) is 0.718. The third kappa shape index (κ3) is 1.32. The predicted molar refractivity (Wildman–Crippen MR) is 52.1 cm³/mol. The van der Waals surface area contributed by atoms with Crippen LogP contribution in [0, 0.1) is 5.41 Å². The maximum atomic E-state index is 4.34. The molecule has 0 N–H and O–H groups in total. The summed E-state index contributed by atoms with van der Waals surface area (Å²) in [6.07, 6.45) is 3.33. The van der Waals surface area contributed by atoms with Gasteiger partial charge in [-0.3, -0.25) is 4.99 Å². The second kappa shape index (κ2) is 2.58. The lowest BCUT2D eigenvalue weighted by Crippen LogP contribution is -2.30. The van der Waals surface area contributed by atoms with Gasteiger partial charge in [-0.05, 0) is 5.41 Å². The van der Waals surface area contributed by atoms with E-state index in [-0.39, 0.29) is 11.5 Å². The average molecular weight is 176 g/mol. The van der Waals surface area contributed by atoms with Crippen molar-refractivity contribution in [2.75, 3.05) is 0 Å². The zero-order valence-corrected chi connectivity index (χ0v) is 8.02. The number of hydrogen-bond donors (Lipinski definition) is 0. The molecule has 0 radical (unpaired) electrons. The molecule has 2 heterocycles. The molecule has 0 saturated carbocycles. The lowest BCUT2D eigenvalue weighted by Gasteiger charge is -2.28. The first-order valence-electron chi connectivity index (χ1n) is 4.30. The van der Waals surface area contributed by atoms with Crippen LogP contribution in [-0.4, -0.2) is 18.2 Å². The Bertz CT molecular complexity index is 341. The highest BCUT2D eigenvalue weighted by molar-refractivity contribution is 6.06. The van der Waals surface area contributed by atoms with E-state index in [4.69, 9.17) is 0 Å². The van der Waals surface area contributed by atoms with E-state index >= 15 is 0 Å². The van der Waals surface area contributed by atoms with E-state index in [2.05, 4.69) is 41.0 Å². The van der Waals surface area contributed by atoms with Crippen LogP contribution in [0.1, 0.15) is 20.8 Å². The summed E-state index contributed by atoms with van der Waals surface area (Å²) in [6, 6.07) is 0.134. The van der Waals surface area contributed by atoms with Crippen LogP contribution in [0.15, 0.2) is 32.0 Å². The topological polar surface area (TPSA) is 49.4 Å². The van der Waals surface area contributed by atoms with Crippen molar-refractivity contribution in [1.29, 1.82) is 0 Å². The van der Waals surface area contributed by atoms with Crippen molar-refractivity contribution >= 4 is 12.2 Å². The summed E-state index contributed by atoms with van der Waals surface area (Å²) in [4.78, 5) is 8.39. The molecule has 2 aliphatic heterocycles. The van der Waals surface area contributed by atoms with Crippen LogP contribution in [-0.2, 0) is 0 Å². The van der Waals surface area contributed by atoms with Crippen LogP contribution in [0.3, 0.4) is 0 Å². The molecular weight excluding hydrogens is 164 g/mol. The number of aliphatic imine (C=N–C) groups is 2. The zero-order valence-electron chi connectivity index (χ0n) is 8.02. The van der Waals surface area contributed by atoms with Gasteiger partial charge < -0.3 is 0 Å². The molecule has 0 aromatic carbocycles. The van der Waals surface area contributed by atoms with Gasteiger partial charge in [0.1, 0.15) is 6.34 Å². The standard InChI is InChI=1S/C9H12N4/c1-9(2,3)7-6-4-12-13-8(6)11-5-10-7/h4-5,7H,1-3H3. The van der Waals surface area contributed by atoms with E-state index < -0.39 is 0 Å². The molecule has 4 heteroatoms. The first-order valence-corrected chi connectivity index (χ1v) is 4.30. The number of amidine groups is 1. The molecule has 0 fully saturated rings. The Balaban J connectivity index is 2.36. The van der Waals surface area contributed by atoms with Crippen LogP contribution >= 0.6 is 0 Å². The fourth-order valence-electron chi connectivity index (χ4n) is 1.48. The summed E-state index contributed by atoms with van der Waals surface area (Å²) >= 11 is 0. The average Bonchev–Trinajstić information content (AvgIpc) is 2.48. The molecule has 68 valence electrons. The van der Waals surface area contributed by atoms with E-state index in [1.54, 1.807) is 12.5 Å². The van der Waals surface area contributed by atoms with Gasteiger partial charge in [0.15, 0.2) is 5.84 Å². The molecule has 13 heavy (non-hydrogen) atoms. The molecule has 2 aliphatic rings. The van der Waals surface area contributed by atoms with Crippen LogP contribution in [0.5, 0.6) is 0 Å². The first kappa shape index (κ1) is 8.29. The van der Waals surface area contributed by atoms with Gasteiger partial charge in [-0.2, -0.15) is 5.11 Å². The molecule has 0 amide bonds. The Hall–Kier alpha value is -1.32. The first-order chi connectivity index (χ1) is 6.09. The molecule has 1 atom stereocenters. The van der Waals surface area contributed by atoms with Crippen molar-refractivity contribution in [3.63, 3.8) is 0 Å². The minimum absolute atomic E-state index is 0.0961. The minimum atomic E-state index is 0.0961. The SMILES string of the molecule is CC(C)(C)C1N=CN=C2N=NC=C21. The van der Waals surface area contributed by atoms with E-state index in [1.165, 1.54) is 0 Å². The lowest BCUT2D eigenvalue weighted by molar-refractivity contribution is 0.361. The van der Waals surface area contributed by atoms with E-state index in [0.717, 1.165) is 11.4 Å². The van der Waals surface area contributed by atoms with Gasteiger partial charge >= 0.3 is 0 Å². The number of nitrogens with zero attached hydrogens (tertiary/aromatic N) is 4. The monoisotopic (exact) mass is 176 g/mol. The number of hydrogen-bond acceptors (Lipinski definition) is 4. The van der Waals surface area contributed by atoms with Gasteiger partial charge in [-0.15, -0.1) is 5.11 Å². The van der Waals surface area contributed by atoms with Crippen LogP contribution in [0.25, 0.3) is 0 Å². The molecule has 0 aliphatic carbocycles. The van der Waals surface area contributed by atoms with Crippen molar-refractivity contribution in [1.82, 2.24) is 0 Å². The minimum Gasteiger partial charge on any atom is -0.265 e. The van der Waals surface area contributed by atoms with E-state index in [1.807, 2.05) is 0 Å². The maximum Gasteiger partial charge on any atom is 0.182 e. The maximum absolute atomic E-state index is 4.34. The van der Waals surface area contributed by atoms with Crippen LogP contribution in [0.2, 0.25) is 0 Å². The van der Waals surface area contributed by atoms with Gasteiger partial charge in [0.05, 0.1) is 12.2 Å². The highest BCUT2D eigenvalue weighted by atomic mass is 15.2. The van der Waals surface area contributed by atoms with E-state index in [9.17, 15) is 0 Å². The second-order valence-electron chi connectivity index (χ2n) is 4.29. The van der Waals surface area contributed by atoms with Crippen molar-refractivity contribution in [3.05, 3.63) is 11.8 Å². The summed E-state index contributed by atoms with van der Waals surface area (Å²) in [6.45, 7) is 6.45. The van der Waals surface area contributed by atoms with Crippen molar-refractivity contribution in [2.45, 2.75) is 26.8 Å². The Kier molecular flexibility index (Phi) is 1.65. The number of rotatable bonds is 0. The summed E-state index contributed by atoms with van der Waals surface area (Å²) in [5, 5.41) is 7.76. The Morgan fingerprint density at radius 1 is 1.31 bits per heavy atom. The molecule has 4 nitrogen and oxygen atoms in total. The highest BCUT2D eigenvalue weighted by Gasteiger charge is 2.33. The van der Waals surface area contributed by atoms with Crippen molar-refractivity contribution < 1.29 is 0 Å². The smallest absolute Gasteiger partial charge is 0.182 e. The van der Waals surface area contributed by atoms with Crippen LogP contribution < -0.4 is 0 Å². The fraction of sp³-hybridized carbons (Fsp3) is 0.556. The third-order valence-electron chi connectivity index (χ3n) is 2.12. The molecular formula is C9H12N4. The molecule has 0 aromatic heterocycles. The zero-order chi connectivity index (χ0) is 9.47.